The number of ether oxygens (including phenoxy) is 1. The fourth-order valence-corrected chi connectivity index (χ4v) is 2.03. The van der Waals surface area contributed by atoms with E-state index in [-0.39, 0.29) is 6.10 Å². The van der Waals surface area contributed by atoms with Gasteiger partial charge in [-0.3, -0.25) is 0 Å². The molecule has 1 aromatic rings. The van der Waals surface area contributed by atoms with Crippen LogP contribution in [0.1, 0.15) is 32.3 Å². The first-order chi connectivity index (χ1) is 8.08. The predicted octanol–water partition coefficient (Wildman–Crippen LogP) is 4.14. The maximum Gasteiger partial charge on any atom is 0.133 e. The molecule has 0 N–H and O–H groups in total. The molecular weight excluding hydrogens is 222 g/mol. The molecule has 1 atom stereocenters. The molecule has 0 amide bonds. The molecule has 0 aliphatic carbocycles. The molecule has 0 unspecified atom stereocenters. The average Bonchev–Trinajstić information content (AvgIpc) is 2.29. The first-order valence-corrected chi connectivity index (χ1v) is 5.88. The molecule has 0 bridgehead atoms. The Balaban J connectivity index is 2.19. The van der Waals surface area contributed by atoms with Crippen molar-refractivity contribution >= 4 is 5.57 Å². The highest BCUT2D eigenvalue weighted by Crippen LogP contribution is 2.30. The standard InChI is InChI=1S/C14H16F2O/c1-9(2)14-6-3-10(8-17-14)12-5-4-11(15)7-13(12)16/h4-5,7-9,14H,3,6H2,1-2H3/t14-/m1/s1. The van der Waals surface area contributed by atoms with Crippen LogP contribution in [0.25, 0.3) is 5.57 Å². The van der Waals surface area contributed by atoms with Crippen molar-refractivity contribution in [1.82, 2.24) is 0 Å². The summed E-state index contributed by atoms with van der Waals surface area (Å²) in [5.74, 6) is -0.627. The van der Waals surface area contributed by atoms with Crippen molar-refractivity contribution in [3.8, 4) is 0 Å². The first kappa shape index (κ1) is 12.1. The van der Waals surface area contributed by atoms with E-state index in [2.05, 4.69) is 13.8 Å². The van der Waals surface area contributed by atoms with Crippen molar-refractivity contribution in [2.45, 2.75) is 32.8 Å². The summed E-state index contributed by atoms with van der Waals surface area (Å²) in [5, 5.41) is 0. The molecule has 17 heavy (non-hydrogen) atoms. The predicted molar refractivity (Wildman–Crippen MR) is 63.3 cm³/mol. The Labute approximate surface area is 100 Å². The number of benzene rings is 1. The topological polar surface area (TPSA) is 9.23 Å². The van der Waals surface area contributed by atoms with Crippen LogP contribution in [0.3, 0.4) is 0 Å². The number of hydrogen-bond acceptors (Lipinski definition) is 1. The summed E-state index contributed by atoms with van der Waals surface area (Å²) in [6, 6.07) is 3.65. The lowest BCUT2D eigenvalue weighted by Crippen LogP contribution is -2.20. The third-order valence-electron chi connectivity index (χ3n) is 3.10. The zero-order chi connectivity index (χ0) is 12.4. The lowest BCUT2D eigenvalue weighted by atomic mass is 9.94. The van der Waals surface area contributed by atoms with Gasteiger partial charge in [-0.15, -0.1) is 0 Å². The molecule has 1 aromatic carbocycles. The molecule has 0 radical (unpaired) electrons. The molecule has 0 saturated carbocycles. The maximum atomic E-state index is 13.6. The van der Waals surface area contributed by atoms with Gasteiger partial charge in [0.25, 0.3) is 0 Å². The average molecular weight is 238 g/mol. The van der Waals surface area contributed by atoms with Gasteiger partial charge >= 0.3 is 0 Å². The van der Waals surface area contributed by atoms with Crippen molar-refractivity contribution < 1.29 is 13.5 Å². The molecule has 0 spiro atoms. The van der Waals surface area contributed by atoms with Gasteiger partial charge in [-0.05, 0) is 36.5 Å². The number of hydrogen-bond donors (Lipinski definition) is 0. The fraction of sp³-hybridized carbons (Fsp3) is 0.429. The summed E-state index contributed by atoms with van der Waals surface area (Å²) in [5.41, 5.74) is 1.24. The quantitative estimate of drug-likeness (QED) is 0.752. The third kappa shape index (κ3) is 2.65. The van der Waals surface area contributed by atoms with Crippen LogP contribution in [0.5, 0.6) is 0 Å². The Kier molecular flexibility index (Phi) is 3.46. The van der Waals surface area contributed by atoms with Crippen molar-refractivity contribution in [3.05, 3.63) is 41.7 Å². The van der Waals surface area contributed by atoms with E-state index < -0.39 is 11.6 Å². The molecule has 0 saturated heterocycles. The van der Waals surface area contributed by atoms with Crippen LogP contribution >= 0.6 is 0 Å². The molecular formula is C14H16F2O. The second-order valence-corrected chi connectivity index (χ2v) is 4.72. The molecule has 1 heterocycles. The Morgan fingerprint density at radius 3 is 2.59 bits per heavy atom. The molecule has 0 fully saturated rings. The van der Waals surface area contributed by atoms with Gasteiger partial charge in [0.2, 0.25) is 0 Å². The van der Waals surface area contributed by atoms with E-state index >= 15 is 0 Å². The molecule has 1 aliphatic heterocycles. The lowest BCUT2D eigenvalue weighted by molar-refractivity contribution is 0.0858. The summed E-state index contributed by atoms with van der Waals surface area (Å²) in [6.07, 6.45) is 3.46. The van der Waals surface area contributed by atoms with E-state index in [1.54, 1.807) is 6.26 Å². The molecule has 1 aliphatic rings. The summed E-state index contributed by atoms with van der Waals surface area (Å²) in [6.45, 7) is 4.20. The largest absolute Gasteiger partial charge is 0.497 e. The number of halogens is 2. The number of allylic oxidation sites excluding steroid dienone is 1. The van der Waals surface area contributed by atoms with Crippen LogP contribution in [0.2, 0.25) is 0 Å². The Morgan fingerprint density at radius 2 is 2.06 bits per heavy atom. The van der Waals surface area contributed by atoms with E-state index in [9.17, 15) is 8.78 Å². The van der Waals surface area contributed by atoms with Gasteiger partial charge in [0.15, 0.2) is 0 Å². The van der Waals surface area contributed by atoms with Crippen LogP contribution in [-0.2, 0) is 4.74 Å². The van der Waals surface area contributed by atoms with Crippen molar-refractivity contribution in [1.29, 1.82) is 0 Å². The Morgan fingerprint density at radius 1 is 1.29 bits per heavy atom. The third-order valence-corrected chi connectivity index (χ3v) is 3.10. The zero-order valence-electron chi connectivity index (χ0n) is 10.0. The van der Waals surface area contributed by atoms with E-state index in [1.165, 1.54) is 12.1 Å². The number of rotatable bonds is 2. The van der Waals surface area contributed by atoms with Gasteiger partial charge in [-0.1, -0.05) is 13.8 Å². The molecule has 1 nitrogen and oxygen atoms in total. The highest BCUT2D eigenvalue weighted by Gasteiger charge is 2.20. The van der Waals surface area contributed by atoms with Crippen molar-refractivity contribution in [2.24, 2.45) is 5.92 Å². The molecule has 92 valence electrons. The minimum Gasteiger partial charge on any atom is -0.497 e. The van der Waals surface area contributed by atoms with Crippen LogP contribution in [0.15, 0.2) is 24.5 Å². The van der Waals surface area contributed by atoms with Gasteiger partial charge in [0.1, 0.15) is 17.7 Å². The van der Waals surface area contributed by atoms with Crippen LogP contribution < -0.4 is 0 Å². The van der Waals surface area contributed by atoms with E-state index in [0.29, 0.717) is 11.5 Å². The van der Waals surface area contributed by atoms with Crippen LogP contribution in [0.4, 0.5) is 8.78 Å². The zero-order valence-corrected chi connectivity index (χ0v) is 10.0. The second-order valence-electron chi connectivity index (χ2n) is 4.72. The van der Waals surface area contributed by atoms with Gasteiger partial charge < -0.3 is 4.74 Å². The minimum absolute atomic E-state index is 0.197. The van der Waals surface area contributed by atoms with Gasteiger partial charge in [0, 0.05) is 11.6 Å². The smallest absolute Gasteiger partial charge is 0.133 e. The SMILES string of the molecule is CC(C)[C@H]1CCC(c2ccc(F)cc2F)=CO1. The molecule has 0 aromatic heterocycles. The second kappa shape index (κ2) is 4.86. The van der Waals surface area contributed by atoms with E-state index in [0.717, 1.165) is 24.5 Å². The highest BCUT2D eigenvalue weighted by atomic mass is 19.1. The summed E-state index contributed by atoms with van der Waals surface area (Å²) in [4.78, 5) is 0. The first-order valence-electron chi connectivity index (χ1n) is 5.88. The van der Waals surface area contributed by atoms with Gasteiger partial charge in [-0.25, -0.2) is 8.78 Å². The Hall–Kier alpha value is -1.38. The highest BCUT2D eigenvalue weighted by molar-refractivity contribution is 5.65. The van der Waals surface area contributed by atoms with Gasteiger partial charge in [0.05, 0.1) is 6.26 Å². The van der Waals surface area contributed by atoms with E-state index in [4.69, 9.17) is 4.74 Å². The van der Waals surface area contributed by atoms with Crippen molar-refractivity contribution in [3.63, 3.8) is 0 Å². The lowest BCUT2D eigenvalue weighted by Gasteiger charge is -2.26. The van der Waals surface area contributed by atoms with E-state index in [1.807, 2.05) is 0 Å². The fourth-order valence-electron chi connectivity index (χ4n) is 2.03. The maximum absolute atomic E-state index is 13.6. The minimum atomic E-state index is -0.552. The molecule has 3 heteroatoms. The summed E-state index contributed by atoms with van der Waals surface area (Å²) >= 11 is 0. The monoisotopic (exact) mass is 238 g/mol. The van der Waals surface area contributed by atoms with Crippen LogP contribution in [0, 0.1) is 17.6 Å². The molecule has 2 rings (SSSR count). The Bertz CT molecular complexity index is 438. The van der Waals surface area contributed by atoms with Crippen molar-refractivity contribution in [2.75, 3.05) is 0 Å². The van der Waals surface area contributed by atoms with Gasteiger partial charge in [-0.2, -0.15) is 0 Å². The normalized spacial score (nSPS) is 20.1. The van der Waals surface area contributed by atoms with Crippen LogP contribution in [-0.4, -0.2) is 6.10 Å². The summed E-state index contributed by atoms with van der Waals surface area (Å²) < 4.78 is 31.9. The summed E-state index contributed by atoms with van der Waals surface area (Å²) in [7, 11) is 0.